The van der Waals surface area contributed by atoms with Crippen LogP contribution in [-0.2, 0) is 4.79 Å². The molecule has 1 saturated heterocycles. The van der Waals surface area contributed by atoms with Gasteiger partial charge in [0.15, 0.2) is 0 Å². The van der Waals surface area contributed by atoms with Crippen LogP contribution in [0, 0.1) is 11.3 Å². The summed E-state index contributed by atoms with van der Waals surface area (Å²) in [5.41, 5.74) is -0.230. The minimum Gasteiger partial charge on any atom is -0.396 e. The normalized spacial score (nSPS) is 35.3. The predicted octanol–water partition coefficient (Wildman–Crippen LogP) is 1.47. The molecule has 0 aromatic rings. The lowest BCUT2D eigenvalue weighted by Gasteiger charge is -2.36. The number of aliphatic hydroxyl groups is 1. The molecule has 2 fully saturated rings. The van der Waals surface area contributed by atoms with E-state index in [4.69, 9.17) is 5.11 Å². The van der Waals surface area contributed by atoms with Gasteiger partial charge in [-0.05, 0) is 57.9 Å². The zero-order chi connectivity index (χ0) is 13.0. The summed E-state index contributed by atoms with van der Waals surface area (Å²) in [6.45, 7) is 4.19. The van der Waals surface area contributed by atoms with Crippen LogP contribution in [0.25, 0.3) is 0 Å². The number of nitrogens with one attached hydrogen (secondary N) is 2. The Bertz CT molecular complexity index is 285. The summed E-state index contributed by atoms with van der Waals surface area (Å²) in [7, 11) is 0. The largest absolute Gasteiger partial charge is 0.396 e. The zero-order valence-corrected chi connectivity index (χ0v) is 12.6. The van der Waals surface area contributed by atoms with Gasteiger partial charge in [0.1, 0.15) is 0 Å². The van der Waals surface area contributed by atoms with E-state index in [0.29, 0.717) is 18.6 Å². The summed E-state index contributed by atoms with van der Waals surface area (Å²) in [5.74, 6) is 0.659. The van der Waals surface area contributed by atoms with E-state index in [1.54, 1.807) is 0 Å². The third kappa shape index (κ3) is 4.33. The van der Waals surface area contributed by atoms with Crippen molar-refractivity contribution >= 4 is 18.3 Å². The molecule has 0 spiro atoms. The topological polar surface area (TPSA) is 61.4 Å². The highest BCUT2D eigenvalue weighted by molar-refractivity contribution is 5.85. The lowest BCUT2D eigenvalue weighted by Crippen LogP contribution is -2.51. The van der Waals surface area contributed by atoms with Crippen LogP contribution < -0.4 is 10.6 Å². The Morgan fingerprint density at radius 3 is 2.58 bits per heavy atom. The molecule has 1 amide bonds. The first-order chi connectivity index (χ1) is 8.64. The van der Waals surface area contributed by atoms with Crippen LogP contribution in [0.1, 0.15) is 45.4 Å². The first-order valence-corrected chi connectivity index (χ1v) is 7.26. The number of piperidine rings is 1. The van der Waals surface area contributed by atoms with E-state index in [2.05, 4.69) is 17.6 Å². The molecule has 19 heavy (non-hydrogen) atoms. The molecule has 2 aliphatic rings. The molecule has 3 N–H and O–H groups in total. The van der Waals surface area contributed by atoms with E-state index in [1.807, 2.05) is 0 Å². The van der Waals surface area contributed by atoms with Gasteiger partial charge >= 0.3 is 0 Å². The van der Waals surface area contributed by atoms with Gasteiger partial charge < -0.3 is 15.7 Å². The monoisotopic (exact) mass is 290 g/mol. The third-order valence-corrected chi connectivity index (χ3v) is 4.59. The van der Waals surface area contributed by atoms with Crippen molar-refractivity contribution in [3.05, 3.63) is 0 Å². The van der Waals surface area contributed by atoms with Crippen molar-refractivity contribution < 1.29 is 9.90 Å². The third-order valence-electron chi connectivity index (χ3n) is 4.59. The molecule has 1 aliphatic heterocycles. The van der Waals surface area contributed by atoms with Crippen molar-refractivity contribution in [2.45, 2.75) is 51.5 Å². The maximum atomic E-state index is 12.3. The zero-order valence-electron chi connectivity index (χ0n) is 11.8. The van der Waals surface area contributed by atoms with E-state index < -0.39 is 0 Å². The molecule has 0 aromatic carbocycles. The van der Waals surface area contributed by atoms with Crippen molar-refractivity contribution in [2.24, 2.45) is 11.3 Å². The van der Waals surface area contributed by atoms with Crippen LogP contribution in [0.4, 0.5) is 0 Å². The second kappa shape index (κ2) is 7.46. The standard InChI is InChI=1S/C14H26N2O2.ClH/c1-14(7-2-8-15-10-14)13(18)16-12-5-3-11(9-17)4-6-12;/h11-12,15,17H,2-10H2,1H3,(H,16,18);1H. The summed E-state index contributed by atoms with van der Waals surface area (Å²) in [6.07, 6.45) is 6.17. The molecule has 1 unspecified atom stereocenters. The van der Waals surface area contributed by atoms with Crippen LogP contribution in [-0.4, -0.2) is 36.8 Å². The first kappa shape index (κ1) is 16.7. The molecular weight excluding hydrogens is 264 g/mol. The summed E-state index contributed by atoms with van der Waals surface area (Å²) >= 11 is 0. The van der Waals surface area contributed by atoms with Gasteiger partial charge in [0, 0.05) is 19.2 Å². The van der Waals surface area contributed by atoms with Gasteiger partial charge in [0.05, 0.1) is 5.41 Å². The van der Waals surface area contributed by atoms with Crippen LogP contribution in [0.5, 0.6) is 0 Å². The predicted molar refractivity (Wildman–Crippen MR) is 78.4 cm³/mol. The first-order valence-electron chi connectivity index (χ1n) is 7.26. The molecule has 4 nitrogen and oxygen atoms in total. The van der Waals surface area contributed by atoms with Crippen LogP contribution in [0.2, 0.25) is 0 Å². The highest BCUT2D eigenvalue weighted by atomic mass is 35.5. The Labute approximate surface area is 122 Å². The summed E-state index contributed by atoms with van der Waals surface area (Å²) in [6, 6.07) is 0.319. The van der Waals surface area contributed by atoms with Crippen molar-refractivity contribution in [3.8, 4) is 0 Å². The van der Waals surface area contributed by atoms with Gasteiger partial charge in [-0.3, -0.25) is 4.79 Å². The van der Waals surface area contributed by atoms with Gasteiger partial charge in [-0.25, -0.2) is 0 Å². The molecule has 1 heterocycles. The van der Waals surface area contributed by atoms with Crippen molar-refractivity contribution in [3.63, 3.8) is 0 Å². The van der Waals surface area contributed by atoms with E-state index in [0.717, 1.165) is 51.6 Å². The fourth-order valence-electron chi connectivity index (χ4n) is 3.10. The second-order valence-electron chi connectivity index (χ2n) is 6.21. The van der Waals surface area contributed by atoms with Gasteiger partial charge in [-0.15, -0.1) is 12.4 Å². The lowest BCUT2D eigenvalue weighted by molar-refractivity contribution is -0.132. The lowest BCUT2D eigenvalue weighted by atomic mass is 9.80. The fraction of sp³-hybridized carbons (Fsp3) is 0.929. The van der Waals surface area contributed by atoms with E-state index in [9.17, 15) is 4.79 Å². The number of hydrogen-bond donors (Lipinski definition) is 3. The Morgan fingerprint density at radius 1 is 1.37 bits per heavy atom. The van der Waals surface area contributed by atoms with Crippen LogP contribution in [0.15, 0.2) is 0 Å². The molecule has 112 valence electrons. The van der Waals surface area contributed by atoms with Crippen molar-refractivity contribution in [2.75, 3.05) is 19.7 Å². The molecular formula is C14H27ClN2O2. The van der Waals surface area contributed by atoms with Crippen LogP contribution in [0.3, 0.4) is 0 Å². The Hall–Kier alpha value is -0.320. The highest BCUT2D eigenvalue weighted by Gasteiger charge is 2.36. The summed E-state index contributed by atoms with van der Waals surface area (Å²) in [5, 5.41) is 15.6. The average Bonchev–Trinajstić information content (AvgIpc) is 2.40. The SMILES string of the molecule is CC1(C(=O)NC2CCC(CO)CC2)CCCNC1.Cl. The number of carbonyl (C=O) groups excluding carboxylic acids is 1. The Balaban J connectivity index is 0.00000180. The Kier molecular flexibility index (Phi) is 6.57. The highest BCUT2D eigenvalue weighted by Crippen LogP contribution is 2.28. The molecule has 1 saturated carbocycles. The minimum atomic E-state index is -0.230. The number of hydrogen-bond acceptors (Lipinski definition) is 3. The number of carbonyl (C=O) groups is 1. The van der Waals surface area contributed by atoms with Crippen molar-refractivity contribution in [1.82, 2.24) is 10.6 Å². The minimum absolute atomic E-state index is 0. The summed E-state index contributed by atoms with van der Waals surface area (Å²) in [4.78, 5) is 12.3. The maximum Gasteiger partial charge on any atom is 0.227 e. The number of aliphatic hydroxyl groups excluding tert-OH is 1. The smallest absolute Gasteiger partial charge is 0.227 e. The summed E-state index contributed by atoms with van der Waals surface area (Å²) < 4.78 is 0. The number of rotatable bonds is 3. The molecule has 0 aromatic heterocycles. The number of amides is 1. The van der Waals surface area contributed by atoms with Crippen LogP contribution >= 0.6 is 12.4 Å². The quantitative estimate of drug-likeness (QED) is 0.738. The average molecular weight is 291 g/mol. The molecule has 5 heteroatoms. The molecule has 0 radical (unpaired) electrons. The second-order valence-corrected chi connectivity index (χ2v) is 6.21. The Morgan fingerprint density at radius 2 is 2.05 bits per heavy atom. The molecule has 1 aliphatic carbocycles. The van der Waals surface area contributed by atoms with Gasteiger partial charge in [-0.1, -0.05) is 0 Å². The van der Waals surface area contributed by atoms with E-state index in [1.165, 1.54) is 0 Å². The maximum absolute atomic E-state index is 12.3. The van der Waals surface area contributed by atoms with Crippen molar-refractivity contribution in [1.29, 1.82) is 0 Å². The van der Waals surface area contributed by atoms with E-state index in [-0.39, 0.29) is 23.7 Å². The molecule has 2 rings (SSSR count). The van der Waals surface area contributed by atoms with Gasteiger partial charge in [0.2, 0.25) is 5.91 Å². The van der Waals surface area contributed by atoms with Gasteiger partial charge in [-0.2, -0.15) is 0 Å². The molecule has 0 bridgehead atoms. The van der Waals surface area contributed by atoms with E-state index >= 15 is 0 Å². The fourth-order valence-corrected chi connectivity index (χ4v) is 3.10. The van der Waals surface area contributed by atoms with Gasteiger partial charge in [0.25, 0.3) is 0 Å². The number of halogens is 1. The molecule has 1 atom stereocenters.